The molecule has 1 unspecified atom stereocenters. The molecule has 1 saturated carbocycles. The quantitative estimate of drug-likeness (QED) is 0.580. The van der Waals surface area contributed by atoms with Crippen molar-refractivity contribution < 1.29 is 37.3 Å². The summed E-state index contributed by atoms with van der Waals surface area (Å²) < 4.78 is 50.0. The zero-order chi connectivity index (χ0) is 23.6. The van der Waals surface area contributed by atoms with Crippen LogP contribution in [0.1, 0.15) is 30.5 Å². The van der Waals surface area contributed by atoms with E-state index in [9.17, 15) is 27.9 Å². The molecule has 176 valence electrons. The number of carbonyl (C=O) groups excluding carboxylic acids is 2. The summed E-state index contributed by atoms with van der Waals surface area (Å²) in [5.41, 5.74) is -1.56. The third kappa shape index (κ3) is 5.36. The average molecular weight is 465 g/mol. The molecule has 0 bridgehead atoms. The minimum atomic E-state index is -4.70. The van der Waals surface area contributed by atoms with E-state index in [0.29, 0.717) is 44.2 Å². The Morgan fingerprint density at radius 3 is 2.64 bits per heavy atom. The highest BCUT2D eigenvalue weighted by atomic mass is 19.4. The predicted molar refractivity (Wildman–Crippen MR) is 108 cm³/mol. The van der Waals surface area contributed by atoms with Crippen molar-refractivity contribution in [2.24, 2.45) is 5.92 Å². The summed E-state index contributed by atoms with van der Waals surface area (Å²) in [6.07, 6.45) is -1.73. The molecule has 0 spiro atoms. The summed E-state index contributed by atoms with van der Waals surface area (Å²) in [7, 11) is 0. The first-order valence-electron chi connectivity index (χ1n) is 10.4. The summed E-state index contributed by atoms with van der Waals surface area (Å²) >= 11 is 0. The molecule has 2 aliphatic rings. The van der Waals surface area contributed by atoms with Crippen molar-refractivity contribution in [3.05, 3.63) is 47.8 Å². The van der Waals surface area contributed by atoms with Crippen LogP contribution in [0.4, 0.5) is 13.2 Å². The Kier molecular flexibility index (Phi) is 6.15. The summed E-state index contributed by atoms with van der Waals surface area (Å²) in [5.74, 6) is -1.67. The maximum Gasteiger partial charge on any atom is 0.420 e. The lowest BCUT2D eigenvalue weighted by Gasteiger charge is -2.19. The molecule has 2 fully saturated rings. The molecule has 1 aromatic carbocycles. The van der Waals surface area contributed by atoms with Gasteiger partial charge in [0, 0.05) is 6.61 Å². The number of aromatic hydroxyl groups is 1. The van der Waals surface area contributed by atoms with Crippen molar-refractivity contribution in [3.8, 4) is 17.2 Å². The fourth-order valence-electron chi connectivity index (χ4n) is 3.48. The summed E-state index contributed by atoms with van der Waals surface area (Å²) in [6, 6.07) is 5.63. The molecule has 1 aliphatic carbocycles. The summed E-state index contributed by atoms with van der Waals surface area (Å²) in [5, 5.41) is 14.9. The van der Waals surface area contributed by atoms with Crippen LogP contribution in [0.3, 0.4) is 0 Å². The van der Waals surface area contributed by atoms with Crippen molar-refractivity contribution in [1.82, 2.24) is 15.6 Å². The van der Waals surface area contributed by atoms with E-state index in [2.05, 4.69) is 15.6 Å². The van der Waals surface area contributed by atoms with Crippen LogP contribution in [0.25, 0.3) is 0 Å². The third-order valence-corrected chi connectivity index (χ3v) is 5.57. The van der Waals surface area contributed by atoms with Gasteiger partial charge in [-0.25, -0.2) is 0 Å². The van der Waals surface area contributed by atoms with E-state index in [0.717, 1.165) is 12.1 Å². The van der Waals surface area contributed by atoms with Crippen molar-refractivity contribution >= 4 is 11.8 Å². The molecule has 3 N–H and O–H groups in total. The summed E-state index contributed by atoms with van der Waals surface area (Å²) in [6.45, 7) is 0.972. The Balaban J connectivity index is 1.33. The van der Waals surface area contributed by atoms with Crippen LogP contribution < -0.4 is 15.4 Å². The maximum absolute atomic E-state index is 13.2. The number of hydrogen-bond acceptors (Lipinski definition) is 6. The first-order chi connectivity index (χ1) is 15.7. The fourth-order valence-corrected chi connectivity index (χ4v) is 3.48. The van der Waals surface area contributed by atoms with Gasteiger partial charge in [-0.2, -0.15) is 13.2 Å². The van der Waals surface area contributed by atoms with Crippen LogP contribution >= 0.6 is 0 Å². The van der Waals surface area contributed by atoms with E-state index in [-0.39, 0.29) is 30.0 Å². The maximum atomic E-state index is 13.2. The van der Waals surface area contributed by atoms with Crippen LogP contribution in [0, 0.1) is 5.92 Å². The average Bonchev–Trinajstić information content (AvgIpc) is 3.33. The Labute approximate surface area is 187 Å². The molecular formula is C22H22F3N3O5. The van der Waals surface area contributed by atoms with Gasteiger partial charge in [0.25, 0.3) is 0 Å². The van der Waals surface area contributed by atoms with Crippen LogP contribution in [0.15, 0.2) is 36.5 Å². The van der Waals surface area contributed by atoms with Gasteiger partial charge >= 0.3 is 6.18 Å². The normalized spacial score (nSPS) is 19.1. The lowest BCUT2D eigenvalue weighted by atomic mass is 10.1. The summed E-state index contributed by atoms with van der Waals surface area (Å²) in [4.78, 5) is 29.0. The Morgan fingerprint density at radius 2 is 2.03 bits per heavy atom. The number of ether oxygens (including phenoxy) is 2. The first-order valence-corrected chi connectivity index (χ1v) is 10.4. The zero-order valence-electron chi connectivity index (χ0n) is 17.4. The molecule has 2 amide bonds. The number of amides is 2. The molecule has 8 nitrogen and oxygen atoms in total. The number of hydrogen-bond donors (Lipinski definition) is 3. The fraction of sp³-hybridized carbons (Fsp3) is 0.409. The molecule has 4 rings (SSSR count). The van der Waals surface area contributed by atoms with Crippen LogP contribution in [0.2, 0.25) is 0 Å². The molecule has 1 aliphatic heterocycles. The SMILES string of the molecule is O=C(NC1(C(=O)NCc2ccc(Oc3ccc(O)cc3C(F)(F)F)cn2)CC1)C1CCOC1. The number of halogens is 3. The van der Waals surface area contributed by atoms with Crippen LogP contribution in [0.5, 0.6) is 17.2 Å². The van der Waals surface area contributed by atoms with Gasteiger partial charge in [-0.3, -0.25) is 14.6 Å². The van der Waals surface area contributed by atoms with Crippen molar-refractivity contribution in [2.45, 2.75) is 37.5 Å². The lowest BCUT2D eigenvalue weighted by Crippen LogP contribution is -2.50. The first kappa shape index (κ1) is 22.8. The zero-order valence-corrected chi connectivity index (χ0v) is 17.4. The standard InChI is InChI=1S/C22H22F3N3O5/c23-22(24,25)17-9-15(29)2-4-18(17)33-16-3-1-14(26-11-16)10-27-20(31)21(6-7-21)28-19(30)13-5-8-32-12-13/h1-4,9,11,13,29H,5-8,10,12H2,(H,27,31)(H,28,30). The van der Waals surface area contributed by atoms with E-state index in [1.54, 1.807) is 0 Å². The molecule has 2 heterocycles. The lowest BCUT2D eigenvalue weighted by molar-refractivity contribution is -0.138. The molecule has 11 heteroatoms. The number of phenolic OH excluding ortho intramolecular Hbond substituents is 1. The topological polar surface area (TPSA) is 110 Å². The molecule has 33 heavy (non-hydrogen) atoms. The minimum Gasteiger partial charge on any atom is -0.508 e. The number of aromatic nitrogens is 1. The minimum absolute atomic E-state index is 0.0611. The van der Waals surface area contributed by atoms with E-state index in [4.69, 9.17) is 9.47 Å². The Morgan fingerprint density at radius 1 is 1.24 bits per heavy atom. The van der Waals surface area contributed by atoms with E-state index in [1.807, 2.05) is 0 Å². The predicted octanol–water partition coefficient (Wildman–Crippen LogP) is 2.90. The molecule has 1 aromatic heterocycles. The van der Waals surface area contributed by atoms with Gasteiger partial charge in [0.15, 0.2) is 0 Å². The Hall–Kier alpha value is -3.34. The number of alkyl halides is 3. The second-order valence-electron chi connectivity index (χ2n) is 8.08. The van der Waals surface area contributed by atoms with Crippen LogP contribution in [-0.4, -0.2) is 40.7 Å². The van der Waals surface area contributed by atoms with Gasteiger partial charge < -0.3 is 25.2 Å². The van der Waals surface area contributed by atoms with Gasteiger partial charge in [-0.15, -0.1) is 0 Å². The van der Waals surface area contributed by atoms with E-state index < -0.39 is 28.8 Å². The van der Waals surface area contributed by atoms with Gasteiger partial charge in [0.2, 0.25) is 11.8 Å². The number of phenols is 1. The molecule has 1 saturated heterocycles. The largest absolute Gasteiger partial charge is 0.508 e. The highest BCUT2D eigenvalue weighted by Crippen LogP contribution is 2.40. The molecule has 1 atom stereocenters. The highest BCUT2D eigenvalue weighted by molar-refractivity contribution is 5.94. The number of nitrogens with zero attached hydrogens (tertiary/aromatic N) is 1. The van der Waals surface area contributed by atoms with Gasteiger partial charge in [0.05, 0.1) is 31.0 Å². The van der Waals surface area contributed by atoms with Gasteiger partial charge in [-0.1, -0.05) is 0 Å². The van der Waals surface area contributed by atoms with E-state index in [1.165, 1.54) is 18.3 Å². The smallest absolute Gasteiger partial charge is 0.420 e. The Bertz CT molecular complexity index is 1030. The number of rotatable bonds is 7. The number of carbonyl (C=O) groups is 2. The third-order valence-electron chi connectivity index (χ3n) is 5.57. The second-order valence-corrected chi connectivity index (χ2v) is 8.08. The number of pyridine rings is 1. The second kappa shape index (κ2) is 8.89. The molecule has 0 radical (unpaired) electrons. The van der Waals surface area contributed by atoms with Crippen molar-refractivity contribution in [3.63, 3.8) is 0 Å². The highest BCUT2D eigenvalue weighted by Gasteiger charge is 2.51. The molecule has 2 aromatic rings. The van der Waals surface area contributed by atoms with Crippen LogP contribution in [-0.2, 0) is 27.0 Å². The monoisotopic (exact) mass is 465 g/mol. The van der Waals surface area contributed by atoms with E-state index >= 15 is 0 Å². The molecular weight excluding hydrogens is 443 g/mol. The number of nitrogens with one attached hydrogen (secondary N) is 2. The van der Waals surface area contributed by atoms with Gasteiger partial charge in [0.1, 0.15) is 28.4 Å². The van der Waals surface area contributed by atoms with Crippen molar-refractivity contribution in [1.29, 1.82) is 0 Å². The van der Waals surface area contributed by atoms with Crippen molar-refractivity contribution in [2.75, 3.05) is 13.2 Å². The number of benzene rings is 1. The van der Waals surface area contributed by atoms with Gasteiger partial charge in [-0.05, 0) is 49.6 Å².